The first-order chi connectivity index (χ1) is 8.95. The van der Waals surface area contributed by atoms with Gasteiger partial charge in [-0.25, -0.2) is 13.8 Å². The lowest BCUT2D eigenvalue weighted by molar-refractivity contribution is -0.115. The van der Waals surface area contributed by atoms with E-state index >= 15 is 0 Å². The predicted octanol–water partition coefficient (Wildman–Crippen LogP) is 2.75. The molecule has 0 spiro atoms. The molecule has 1 N–H and O–H groups in total. The molecule has 0 fully saturated rings. The molecule has 0 aliphatic carbocycles. The number of amides is 1. The number of aryl methyl sites for hydroxylation is 2. The van der Waals surface area contributed by atoms with Crippen LogP contribution in [0.15, 0.2) is 22.6 Å². The van der Waals surface area contributed by atoms with Gasteiger partial charge in [0.05, 0.1) is 17.8 Å². The van der Waals surface area contributed by atoms with Gasteiger partial charge in [-0.05, 0) is 19.1 Å². The smallest absolute Gasteiger partial charge is 0.232 e. The number of hydrogen-bond acceptors (Lipinski definition) is 3. The molecule has 0 bridgehead atoms. The summed E-state index contributed by atoms with van der Waals surface area (Å²) in [5.41, 5.74) is 0.549. The van der Waals surface area contributed by atoms with Gasteiger partial charge in [-0.3, -0.25) is 4.79 Å². The first kappa shape index (κ1) is 13.2. The van der Waals surface area contributed by atoms with E-state index in [-0.39, 0.29) is 12.1 Å². The van der Waals surface area contributed by atoms with Crippen molar-refractivity contribution in [2.75, 3.05) is 5.32 Å². The first-order valence-electron chi connectivity index (χ1n) is 5.63. The molecule has 100 valence electrons. The summed E-state index contributed by atoms with van der Waals surface area (Å²) in [7, 11) is 0. The Labute approximate surface area is 108 Å². The number of anilines is 1. The Morgan fingerprint density at radius 2 is 2.11 bits per heavy atom. The number of oxazole rings is 1. The summed E-state index contributed by atoms with van der Waals surface area (Å²) in [5, 5.41) is 2.35. The van der Waals surface area contributed by atoms with Gasteiger partial charge in [-0.1, -0.05) is 0 Å². The van der Waals surface area contributed by atoms with Crippen LogP contribution in [0, 0.1) is 25.5 Å². The molecule has 0 radical (unpaired) electrons. The minimum atomic E-state index is -0.821. The molecule has 1 heterocycles. The Bertz CT molecular complexity index is 623. The van der Waals surface area contributed by atoms with Crippen molar-refractivity contribution >= 4 is 11.6 Å². The minimum absolute atomic E-state index is 0.0521. The fraction of sp³-hybridized carbons (Fsp3) is 0.231. The summed E-state index contributed by atoms with van der Waals surface area (Å²) in [6.07, 6.45) is -0.0521. The van der Waals surface area contributed by atoms with Crippen molar-refractivity contribution in [3.8, 4) is 0 Å². The fourth-order valence-corrected chi connectivity index (χ4v) is 1.67. The number of nitrogens with zero attached hydrogens (tertiary/aromatic N) is 1. The fourth-order valence-electron chi connectivity index (χ4n) is 1.67. The first-order valence-corrected chi connectivity index (χ1v) is 5.63. The summed E-state index contributed by atoms with van der Waals surface area (Å²) in [6.45, 7) is 3.39. The average Bonchev–Trinajstić information content (AvgIpc) is 2.61. The maximum absolute atomic E-state index is 13.3. The molecule has 1 aromatic heterocycles. The third-order valence-corrected chi connectivity index (χ3v) is 2.53. The molecular formula is C13H12F2N2O2. The van der Waals surface area contributed by atoms with Gasteiger partial charge in [0.2, 0.25) is 5.91 Å². The summed E-state index contributed by atoms with van der Waals surface area (Å²) in [4.78, 5) is 15.8. The second kappa shape index (κ2) is 5.17. The molecule has 0 saturated carbocycles. The van der Waals surface area contributed by atoms with Gasteiger partial charge >= 0.3 is 0 Å². The molecule has 2 aromatic rings. The number of rotatable bonds is 3. The van der Waals surface area contributed by atoms with E-state index in [2.05, 4.69) is 10.3 Å². The standard InChI is InChI=1S/C13H12F2N2O2/c1-7-12(19-8(2)16-7)6-13(18)17-11-4-3-9(14)5-10(11)15/h3-5H,6H2,1-2H3,(H,17,18). The Morgan fingerprint density at radius 1 is 1.37 bits per heavy atom. The van der Waals surface area contributed by atoms with Crippen LogP contribution in [0.4, 0.5) is 14.5 Å². The largest absolute Gasteiger partial charge is 0.445 e. The van der Waals surface area contributed by atoms with Crippen LogP contribution in [0.2, 0.25) is 0 Å². The summed E-state index contributed by atoms with van der Waals surface area (Å²) >= 11 is 0. The van der Waals surface area contributed by atoms with Gasteiger partial charge in [0, 0.05) is 13.0 Å². The van der Waals surface area contributed by atoms with Crippen LogP contribution in [0.25, 0.3) is 0 Å². The van der Waals surface area contributed by atoms with Crippen molar-refractivity contribution in [1.29, 1.82) is 0 Å². The van der Waals surface area contributed by atoms with E-state index in [9.17, 15) is 13.6 Å². The molecule has 19 heavy (non-hydrogen) atoms. The molecule has 0 saturated heterocycles. The Morgan fingerprint density at radius 3 is 2.68 bits per heavy atom. The SMILES string of the molecule is Cc1nc(C)c(CC(=O)Nc2ccc(F)cc2F)o1. The van der Waals surface area contributed by atoms with Gasteiger partial charge in [-0.15, -0.1) is 0 Å². The number of hydrogen-bond donors (Lipinski definition) is 1. The summed E-state index contributed by atoms with van der Waals surface area (Å²) in [6, 6.07) is 2.95. The normalized spacial score (nSPS) is 10.5. The van der Waals surface area contributed by atoms with Gasteiger partial charge in [-0.2, -0.15) is 0 Å². The molecular weight excluding hydrogens is 254 g/mol. The van der Waals surface area contributed by atoms with Crippen LogP contribution in [-0.4, -0.2) is 10.9 Å². The van der Waals surface area contributed by atoms with E-state index in [0.717, 1.165) is 6.07 Å². The van der Waals surface area contributed by atoms with Crippen LogP contribution < -0.4 is 5.32 Å². The third kappa shape index (κ3) is 3.15. The quantitative estimate of drug-likeness (QED) is 0.929. The number of nitrogens with one attached hydrogen (secondary N) is 1. The van der Waals surface area contributed by atoms with Gasteiger partial charge in [0.15, 0.2) is 5.89 Å². The van der Waals surface area contributed by atoms with Crippen molar-refractivity contribution in [3.05, 3.63) is 47.2 Å². The van der Waals surface area contributed by atoms with Crippen molar-refractivity contribution in [1.82, 2.24) is 4.98 Å². The summed E-state index contributed by atoms with van der Waals surface area (Å²) in [5.74, 6) is -1.08. The molecule has 4 nitrogen and oxygen atoms in total. The van der Waals surface area contributed by atoms with Gasteiger partial charge in [0.25, 0.3) is 0 Å². The van der Waals surface area contributed by atoms with E-state index in [0.29, 0.717) is 23.4 Å². The Kier molecular flexibility index (Phi) is 3.59. The van der Waals surface area contributed by atoms with Crippen molar-refractivity contribution in [2.24, 2.45) is 0 Å². The van der Waals surface area contributed by atoms with E-state index in [4.69, 9.17) is 4.42 Å². The number of halogens is 2. The van der Waals surface area contributed by atoms with E-state index < -0.39 is 17.5 Å². The van der Waals surface area contributed by atoms with Crippen LogP contribution in [0.1, 0.15) is 17.3 Å². The third-order valence-electron chi connectivity index (χ3n) is 2.53. The topological polar surface area (TPSA) is 55.1 Å². The number of benzene rings is 1. The molecule has 6 heteroatoms. The second-order valence-electron chi connectivity index (χ2n) is 4.09. The van der Waals surface area contributed by atoms with Crippen LogP contribution >= 0.6 is 0 Å². The predicted molar refractivity (Wildman–Crippen MR) is 64.7 cm³/mol. The maximum atomic E-state index is 13.3. The van der Waals surface area contributed by atoms with Crippen LogP contribution in [0.5, 0.6) is 0 Å². The van der Waals surface area contributed by atoms with Crippen LogP contribution in [-0.2, 0) is 11.2 Å². The highest BCUT2D eigenvalue weighted by molar-refractivity contribution is 5.92. The molecule has 0 aliphatic heterocycles. The Balaban J connectivity index is 2.07. The van der Waals surface area contributed by atoms with E-state index in [1.54, 1.807) is 13.8 Å². The number of aromatic nitrogens is 1. The molecule has 0 atom stereocenters. The number of carbonyl (C=O) groups is 1. The van der Waals surface area contributed by atoms with Crippen LogP contribution in [0.3, 0.4) is 0 Å². The highest BCUT2D eigenvalue weighted by Gasteiger charge is 2.13. The molecule has 1 aromatic carbocycles. The van der Waals surface area contributed by atoms with Crippen molar-refractivity contribution in [2.45, 2.75) is 20.3 Å². The zero-order valence-electron chi connectivity index (χ0n) is 10.5. The van der Waals surface area contributed by atoms with Crippen molar-refractivity contribution in [3.63, 3.8) is 0 Å². The zero-order chi connectivity index (χ0) is 14.0. The minimum Gasteiger partial charge on any atom is -0.445 e. The second-order valence-corrected chi connectivity index (χ2v) is 4.09. The average molecular weight is 266 g/mol. The lowest BCUT2D eigenvalue weighted by Crippen LogP contribution is -2.15. The Hall–Kier alpha value is -2.24. The lowest BCUT2D eigenvalue weighted by Gasteiger charge is -2.05. The molecule has 2 rings (SSSR count). The van der Waals surface area contributed by atoms with Crippen molar-refractivity contribution < 1.29 is 18.0 Å². The molecule has 0 unspecified atom stereocenters. The summed E-state index contributed by atoms with van der Waals surface area (Å²) < 4.78 is 31.3. The number of carbonyl (C=O) groups excluding carboxylic acids is 1. The molecule has 1 amide bonds. The van der Waals surface area contributed by atoms with Gasteiger partial charge in [0.1, 0.15) is 17.4 Å². The maximum Gasteiger partial charge on any atom is 0.232 e. The highest BCUT2D eigenvalue weighted by Crippen LogP contribution is 2.16. The lowest BCUT2D eigenvalue weighted by atomic mass is 10.2. The molecule has 0 aliphatic rings. The van der Waals surface area contributed by atoms with E-state index in [1.165, 1.54) is 6.07 Å². The highest BCUT2D eigenvalue weighted by atomic mass is 19.1. The zero-order valence-corrected chi connectivity index (χ0v) is 10.5. The monoisotopic (exact) mass is 266 g/mol. The van der Waals surface area contributed by atoms with Gasteiger partial charge < -0.3 is 9.73 Å². The van der Waals surface area contributed by atoms with E-state index in [1.807, 2.05) is 0 Å².